The largest absolute Gasteiger partial charge is 0.346 e. The molecule has 2 rings (SSSR count). The van der Waals surface area contributed by atoms with Crippen molar-refractivity contribution >= 4 is 0 Å². The van der Waals surface area contributed by atoms with E-state index in [0.29, 0.717) is 6.04 Å². The second-order valence-electron chi connectivity index (χ2n) is 5.12. The van der Waals surface area contributed by atoms with Crippen LogP contribution in [0.1, 0.15) is 30.6 Å². The summed E-state index contributed by atoms with van der Waals surface area (Å²) in [5.41, 5.74) is 2.48. The van der Waals surface area contributed by atoms with Gasteiger partial charge in [-0.25, -0.2) is 4.98 Å². The lowest BCUT2D eigenvalue weighted by atomic mass is 10.1. The molecule has 1 atom stereocenters. The van der Waals surface area contributed by atoms with Crippen LogP contribution in [0, 0.1) is 6.92 Å². The van der Waals surface area contributed by atoms with E-state index in [2.05, 4.69) is 36.1 Å². The summed E-state index contributed by atoms with van der Waals surface area (Å²) < 4.78 is 0. The van der Waals surface area contributed by atoms with Gasteiger partial charge < -0.3 is 15.2 Å². The molecule has 0 aromatic carbocycles. The molecule has 96 valence electrons. The van der Waals surface area contributed by atoms with Gasteiger partial charge in [-0.3, -0.25) is 0 Å². The fourth-order valence-corrected chi connectivity index (χ4v) is 2.50. The second kappa shape index (κ2) is 5.65. The summed E-state index contributed by atoms with van der Waals surface area (Å²) in [5, 5.41) is 3.56. The summed E-state index contributed by atoms with van der Waals surface area (Å²) in [6.45, 7) is 7.67. The number of nitrogens with one attached hydrogen (secondary N) is 2. The first-order valence-corrected chi connectivity index (χ1v) is 6.65. The molecule has 0 aliphatic carbocycles. The van der Waals surface area contributed by atoms with Crippen molar-refractivity contribution in [1.82, 2.24) is 20.2 Å². The number of rotatable bonds is 4. The number of nitrogens with zero attached hydrogens (tertiary/aromatic N) is 2. The van der Waals surface area contributed by atoms with E-state index in [1.165, 1.54) is 11.4 Å². The number of aryl methyl sites for hydroxylation is 2. The highest BCUT2D eigenvalue weighted by Gasteiger charge is 2.18. The molecule has 1 aliphatic heterocycles. The van der Waals surface area contributed by atoms with E-state index in [9.17, 15) is 0 Å². The first kappa shape index (κ1) is 12.6. The van der Waals surface area contributed by atoms with Gasteiger partial charge >= 0.3 is 0 Å². The van der Waals surface area contributed by atoms with Gasteiger partial charge in [0.05, 0.1) is 5.69 Å². The number of hydrogen-bond donors (Lipinski definition) is 2. The van der Waals surface area contributed by atoms with Crippen LogP contribution >= 0.6 is 0 Å². The number of aromatic nitrogens is 2. The maximum atomic E-state index is 4.70. The van der Waals surface area contributed by atoms with Crippen molar-refractivity contribution in [1.29, 1.82) is 0 Å². The van der Waals surface area contributed by atoms with Crippen molar-refractivity contribution < 1.29 is 0 Å². The third-order valence-corrected chi connectivity index (χ3v) is 3.42. The Morgan fingerprint density at radius 1 is 1.47 bits per heavy atom. The van der Waals surface area contributed by atoms with Crippen molar-refractivity contribution in [2.75, 3.05) is 26.7 Å². The van der Waals surface area contributed by atoms with Gasteiger partial charge in [0.1, 0.15) is 5.82 Å². The third-order valence-electron chi connectivity index (χ3n) is 3.42. The van der Waals surface area contributed by atoms with E-state index in [0.717, 1.165) is 44.7 Å². The monoisotopic (exact) mass is 236 g/mol. The van der Waals surface area contributed by atoms with E-state index >= 15 is 0 Å². The standard InChI is InChI=1S/C13H24N4/c1-4-5-12-10(2)15-13(16-12)8-11-9-17(3)7-6-14-11/h11,14H,4-9H2,1-3H3,(H,15,16). The van der Waals surface area contributed by atoms with Gasteiger partial charge in [0.2, 0.25) is 0 Å². The summed E-state index contributed by atoms with van der Waals surface area (Å²) in [5.74, 6) is 1.14. The lowest BCUT2D eigenvalue weighted by molar-refractivity contribution is 0.236. The minimum Gasteiger partial charge on any atom is -0.346 e. The van der Waals surface area contributed by atoms with Crippen molar-refractivity contribution in [3.8, 4) is 0 Å². The third kappa shape index (κ3) is 3.30. The number of hydrogen-bond acceptors (Lipinski definition) is 3. The van der Waals surface area contributed by atoms with Crippen LogP contribution in [0.15, 0.2) is 0 Å². The topological polar surface area (TPSA) is 44.0 Å². The summed E-state index contributed by atoms with van der Waals surface area (Å²) in [7, 11) is 2.18. The van der Waals surface area contributed by atoms with Crippen LogP contribution in [-0.4, -0.2) is 47.6 Å². The zero-order valence-electron chi connectivity index (χ0n) is 11.2. The predicted octanol–water partition coefficient (Wildman–Crippen LogP) is 1.12. The highest BCUT2D eigenvalue weighted by molar-refractivity contribution is 5.14. The summed E-state index contributed by atoms with van der Waals surface area (Å²) >= 11 is 0. The molecule has 0 amide bonds. The zero-order chi connectivity index (χ0) is 12.3. The minimum atomic E-state index is 0.536. The minimum absolute atomic E-state index is 0.536. The Bertz CT molecular complexity index is 358. The molecule has 1 aliphatic rings. The maximum absolute atomic E-state index is 4.70. The Kier molecular flexibility index (Phi) is 4.18. The fraction of sp³-hybridized carbons (Fsp3) is 0.769. The molecular formula is C13H24N4. The Hall–Kier alpha value is -0.870. The van der Waals surface area contributed by atoms with E-state index in [1.54, 1.807) is 0 Å². The zero-order valence-corrected chi connectivity index (χ0v) is 11.2. The normalized spacial score (nSPS) is 21.9. The SMILES string of the molecule is CCCc1nc(CC2CN(C)CCN2)[nH]c1C. The maximum Gasteiger partial charge on any atom is 0.108 e. The molecule has 1 saturated heterocycles. The average Bonchev–Trinajstić information content (AvgIpc) is 2.60. The first-order chi connectivity index (χ1) is 8.19. The molecular weight excluding hydrogens is 212 g/mol. The molecule has 2 heterocycles. The van der Waals surface area contributed by atoms with E-state index in [1.807, 2.05) is 0 Å². The second-order valence-corrected chi connectivity index (χ2v) is 5.12. The van der Waals surface area contributed by atoms with Gasteiger partial charge in [0, 0.05) is 37.8 Å². The molecule has 1 aromatic heterocycles. The van der Waals surface area contributed by atoms with Crippen LogP contribution in [0.2, 0.25) is 0 Å². The molecule has 0 bridgehead atoms. The molecule has 4 heteroatoms. The lowest BCUT2D eigenvalue weighted by Crippen LogP contribution is -2.50. The number of aromatic amines is 1. The fourth-order valence-electron chi connectivity index (χ4n) is 2.50. The average molecular weight is 236 g/mol. The molecule has 1 unspecified atom stereocenters. The van der Waals surface area contributed by atoms with Gasteiger partial charge in [-0.15, -0.1) is 0 Å². The van der Waals surface area contributed by atoms with Crippen LogP contribution in [0.4, 0.5) is 0 Å². The van der Waals surface area contributed by atoms with Gasteiger partial charge in [0.25, 0.3) is 0 Å². The quantitative estimate of drug-likeness (QED) is 0.823. The Morgan fingerprint density at radius 3 is 3.00 bits per heavy atom. The van der Waals surface area contributed by atoms with E-state index in [-0.39, 0.29) is 0 Å². The van der Waals surface area contributed by atoms with Gasteiger partial charge in [-0.05, 0) is 20.4 Å². The van der Waals surface area contributed by atoms with Crippen molar-refractivity contribution in [2.24, 2.45) is 0 Å². The first-order valence-electron chi connectivity index (χ1n) is 6.65. The van der Waals surface area contributed by atoms with Crippen LogP contribution in [0.3, 0.4) is 0 Å². The summed E-state index contributed by atoms with van der Waals surface area (Å²) in [4.78, 5) is 10.5. The molecule has 0 spiro atoms. The van der Waals surface area contributed by atoms with Crippen LogP contribution < -0.4 is 5.32 Å². The number of H-pyrrole nitrogens is 1. The van der Waals surface area contributed by atoms with Crippen molar-refractivity contribution in [2.45, 2.75) is 39.2 Å². The van der Waals surface area contributed by atoms with Crippen LogP contribution in [-0.2, 0) is 12.8 Å². The smallest absolute Gasteiger partial charge is 0.108 e. The Balaban J connectivity index is 1.95. The molecule has 17 heavy (non-hydrogen) atoms. The molecule has 4 nitrogen and oxygen atoms in total. The molecule has 0 radical (unpaired) electrons. The molecule has 0 saturated carbocycles. The van der Waals surface area contributed by atoms with E-state index in [4.69, 9.17) is 4.98 Å². The van der Waals surface area contributed by atoms with Gasteiger partial charge in [-0.2, -0.15) is 0 Å². The highest BCUT2D eigenvalue weighted by Crippen LogP contribution is 2.10. The lowest BCUT2D eigenvalue weighted by Gasteiger charge is -2.30. The molecule has 1 aromatic rings. The van der Waals surface area contributed by atoms with Gasteiger partial charge in [-0.1, -0.05) is 13.3 Å². The summed E-state index contributed by atoms with van der Waals surface area (Å²) in [6.07, 6.45) is 3.25. The van der Waals surface area contributed by atoms with Crippen molar-refractivity contribution in [3.63, 3.8) is 0 Å². The highest BCUT2D eigenvalue weighted by atomic mass is 15.2. The predicted molar refractivity (Wildman–Crippen MR) is 70.3 cm³/mol. The number of piperazine rings is 1. The number of likely N-dealkylation sites (N-methyl/N-ethyl adjacent to an activating group) is 1. The van der Waals surface area contributed by atoms with Crippen LogP contribution in [0.5, 0.6) is 0 Å². The Labute approximate surface area is 104 Å². The Morgan fingerprint density at radius 2 is 2.29 bits per heavy atom. The van der Waals surface area contributed by atoms with Crippen molar-refractivity contribution in [3.05, 3.63) is 17.2 Å². The van der Waals surface area contributed by atoms with Gasteiger partial charge in [0.15, 0.2) is 0 Å². The van der Waals surface area contributed by atoms with E-state index < -0.39 is 0 Å². The van der Waals surface area contributed by atoms with Crippen LogP contribution in [0.25, 0.3) is 0 Å². The summed E-state index contributed by atoms with van der Waals surface area (Å²) in [6, 6.07) is 0.536. The molecule has 1 fully saturated rings. The molecule has 2 N–H and O–H groups in total. The number of imidazole rings is 1.